The summed E-state index contributed by atoms with van der Waals surface area (Å²) < 4.78 is 6.88. The van der Waals surface area contributed by atoms with Crippen LogP contribution in [-0.4, -0.2) is 39.9 Å². The van der Waals surface area contributed by atoms with E-state index in [0.717, 1.165) is 0 Å². The molecule has 8 heteroatoms. The lowest BCUT2D eigenvalue weighted by atomic mass is 10.2. The SMILES string of the molecule is CCN(C)C(=O)c1cc2cc(NC(=O)Cn3cnc4ccccc4c3=O)ccc2o1. The van der Waals surface area contributed by atoms with Gasteiger partial charge in [-0.3, -0.25) is 19.0 Å². The zero-order chi connectivity index (χ0) is 21.3. The first kappa shape index (κ1) is 19.4. The van der Waals surface area contributed by atoms with Crippen molar-refractivity contribution in [3.05, 3.63) is 71.0 Å². The number of para-hydroxylation sites is 1. The molecule has 0 radical (unpaired) electrons. The molecule has 2 aromatic carbocycles. The largest absolute Gasteiger partial charge is 0.451 e. The van der Waals surface area contributed by atoms with Crippen LogP contribution in [0, 0.1) is 0 Å². The van der Waals surface area contributed by atoms with E-state index in [1.807, 2.05) is 6.92 Å². The third-order valence-electron chi connectivity index (χ3n) is 4.88. The van der Waals surface area contributed by atoms with Gasteiger partial charge in [-0.15, -0.1) is 0 Å². The Morgan fingerprint density at radius 1 is 1.17 bits per heavy atom. The number of anilines is 1. The summed E-state index contributed by atoms with van der Waals surface area (Å²) in [4.78, 5) is 43.0. The van der Waals surface area contributed by atoms with Crippen LogP contribution >= 0.6 is 0 Å². The van der Waals surface area contributed by atoms with Crippen molar-refractivity contribution >= 4 is 39.4 Å². The van der Waals surface area contributed by atoms with Crippen molar-refractivity contribution in [1.82, 2.24) is 14.5 Å². The maximum atomic E-state index is 12.5. The highest BCUT2D eigenvalue weighted by atomic mass is 16.3. The molecule has 2 heterocycles. The summed E-state index contributed by atoms with van der Waals surface area (Å²) in [5.41, 5.74) is 1.40. The van der Waals surface area contributed by atoms with Crippen LogP contribution in [0.5, 0.6) is 0 Å². The number of hydrogen-bond acceptors (Lipinski definition) is 5. The average molecular weight is 404 g/mol. The topological polar surface area (TPSA) is 97.4 Å². The number of rotatable bonds is 5. The highest BCUT2D eigenvalue weighted by molar-refractivity contribution is 5.98. The molecule has 0 atom stereocenters. The van der Waals surface area contributed by atoms with E-state index in [0.29, 0.717) is 34.1 Å². The van der Waals surface area contributed by atoms with Crippen LogP contribution in [0.4, 0.5) is 5.69 Å². The molecule has 2 amide bonds. The lowest BCUT2D eigenvalue weighted by molar-refractivity contribution is -0.116. The number of carbonyl (C=O) groups excluding carboxylic acids is 2. The predicted molar refractivity (Wildman–Crippen MR) is 113 cm³/mol. The number of hydrogen-bond donors (Lipinski definition) is 1. The Morgan fingerprint density at radius 3 is 2.77 bits per heavy atom. The maximum absolute atomic E-state index is 12.5. The molecular weight excluding hydrogens is 384 g/mol. The minimum absolute atomic E-state index is 0.162. The van der Waals surface area contributed by atoms with Gasteiger partial charge in [0.2, 0.25) is 5.91 Å². The normalized spacial score (nSPS) is 11.0. The van der Waals surface area contributed by atoms with Gasteiger partial charge in [0.25, 0.3) is 11.5 Å². The Bertz CT molecular complexity index is 1320. The van der Waals surface area contributed by atoms with E-state index >= 15 is 0 Å². The Labute approximate surface area is 171 Å². The third-order valence-corrected chi connectivity index (χ3v) is 4.88. The van der Waals surface area contributed by atoms with Crippen molar-refractivity contribution in [2.45, 2.75) is 13.5 Å². The molecule has 30 heavy (non-hydrogen) atoms. The quantitative estimate of drug-likeness (QED) is 0.552. The number of benzene rings is 2. The molecule has 4 aromatic rings. The molecule has 0 fully saturated rings. The zero-order valence-electron chi connectivity index (χ0n) is 16.6. The molecule has 0 bridgehead atoms. The van der Waals surface area contributed by atoms with Crippen LogP contribution in [0.2, 0.25) is 0 Å². The molecule has 1 N–H and O–H groups in total. The van der Waals surface area contributed by atoms with Gasteiger partial charge in [-0.2, -0.15) is 0 Å². The van der Waals surface area contributed by atoms with Crippen LogP contribution in [-0.2, 0) is 11.3 Å². The molecule has 8 nitrogen and oxygen atoms in total. The van der Waals surface area contributed by atoms with Gasteiger partial charge in [-0.1, -0.05) is 12.1 Å². The molecule has 0 aliphatic rings. The molecule has 0 saturated heterocycles. The van der Waals surface area contributed by atoms with Crippen molar-refractivity contribution in [2.75, 3.05) is 18.9 Å². The first-order valence-electron chi connectivity index (χ1n) is 9.49. The standard InChI is InChI=1S/C22H20N4O4/c1-3-25(2)22(29)19-11-14-10-15(8-9-18(14)30-19)24-20(27)12-26-13-23-17-7-5-4-6-16(17)21(26)28/h4-11,13H,3,12H2,1-2H3,(H,24,27). The van der Waals surface area contributed by atoms with Crippen LogP contribution in [0.3, 0.4) is 0 Å². The van der Waals surface area contributed by atoms with E-state index in [2.05, 4.69) is 10.3 Å². The second-order valence-corrected chi connectivity index (χ2v) is 6.93. The van der Waals surface area contributed by atoms with Crippen molar-refractivity contribution in [2.24, 2.45) is 0 Å². The Morgan fingerprint density at radius 2 is 1.97 bits per heavy atom. The molecule has 4 rings (SSSR count). The summed E-state index contributed by atoms with van der Waals surface area (Å²) in [6.07, 6.45) is 1.37. The first-order chi connectivity index (χ1) is 14.5. The summed E-state index contributed by atoms with van der Waals surface area (Å²) in [6, 6.07) is 13.7. The highest BCUT2D eigenvalue weighted by Gasteiger charge is 2.16. The van der Waals surface area contributed by atoms with Crippen molar-refractivity contribution in [3.8, 4) is 0 Å². The summed E-state index contributed by atoms with van der Waals surface area (Å²) in [5, 5.41) is 3.93. The van der Waals surface area contributed by atoms with Gasteiger partial charge in [0.1, 0.15) is 12.1 Å². The van der Waals surface area contributed by atoms with Crippen LogP contribution < -0.4 is 10.9 Å². The van der Waals surface area contributed by atoms with Crippen molar-refractivity contribution < 1.29 is 14.0 Å². The van der Waals surface area contributed by atoms with Gasteiger partial charge < -0.3 is 14.6 Å². The monoisotopic (exact) mass is 404 g/mol. The Hall–Kier alpha value is -3.94. The molecule has 0 aliphatic carbocycles. The zero-order valence-corrected chi connectivity index (χ0v) is 16.6. The number of carbonyl (C=O) groups is 2. The minimum Gasteiger partial charge on any atom is -0.451 e. The van der Waals surface area contributed by atoms with Crippen LogP contribution in [0.15, 0.2) is 64.1 Å². The number of furan rings is 1. The second-order valence-electron chi connectivity index (χ2n) is 6.93. The predicted octanol–water partition coefficient (Wildman–Crippen LogP) is 2.87. The van der Waals surface area contributed by atoms with Crippen molar-refractivity contribution in [3.63, 3.8) is 0 Å². The van der Waals surface area contributed by atoms with E-state index < -0.39 is 0 Å². The van der Waals surface area contributed by atoms with Gasteiger partial charge in [0.15, 0.2) is 5.76 Å². The summed E-state index contributed by atoms with van der Waals surface area (Å²) in [7, 11) is 1.70. The van der Waals surface area contributed by atoms with Crippen LogP contribution in [0.25, 0.3) is 21.9 Å². The van der Waals surface area contributed by atoms with Gasteiger partial charge in [0, 0.05) is 24.7 Å². The highest BCUT2D eigenvalue weighted by Crippen LogP contribution is 2.24. The molecule has 152 valence electrons. The molecule has 0 spiro atoms. The average Bonchev–Trinajstić information content (AvgIpc) is 3.18. The molecular formula is C22H20N4O4. The first-order valence-corrected chi connectivity index (χ1v) is 9.49. The summed E-state index contributed by atoms with van der Waals surface area (Å²) >= 11 is 0. The van der Waals surface area contributed by atoms with Gasteiger partial charge in [-0.05, 0) is 43.3 Å². The van der Waals surface area contributed by atoms with E-state index in [1.165, 1.54) is 10.9 Å². The lowest BCUT2D eigenvalue weighted by Crippen LogP contribution is -2.27. The number of nitrogens with one attached hydrogen (secondary N) is 1. The van der Waals surface area contributed by atoms with E-state index in [1.54, 1.807) is 60.5 Å². The van der Waals surface area contributed by atoms with Gasteiger partial charge in [-0.25, -0.2) is 4.98 Å². The maximum Gasteiger partial charge on any atom is 0.289 e. The minimum atomic E-state index is -0.362. The number of amides is 2. The second kappa shape index (κ2) is 7.82. The summed E-state index contributed by atoms with van der Waals surface area (Å²) in [6.45, 7) is 2.29. The fraction of sp³-hybridized carbons (Fsp3) is 0.182. The Kier molecular flexibility index (Phi) is 5.05. The fourth-order valence-electron chi connectivity index (χ4n) is 3.13. The lowest BCUT2D eigenvalue weighted by Gasteiger charge is -2.11. The van der Waals surface area contributed by atoms with Crippen LogP contribution in [0.1, 0.15) is 17.5 Å². The Balaban J connectivity index is 1.52. The molecule has 2 aromatic heterocycles. The summed E-state index contributed by atoms with van der Waals surface area (Å²) in [5.74, 6) is -0.326. The number of nitrogens with zero attached hydrogens (tertiary/aromatic N) is 3. The molecule has 0 saturated carbocycles. The smallest absolute Gasteiger partial charge is 0.289 e. The molecule has 0 unspecified atom stereocenters. The third kappa shape index (κ3) is 3.67. The number of aromatic nitrogens is 2. The van der Waals surface area contributed by atoms with Gasteiger partial charge >= 0.3 is 0 Å². The van der Waals surface area contributed by atoms with Crippen molar-refractivity contribution in [1.29, 1.82) is 0 Å². The van der Waals surface area contributed by atoms with E-state index in [-0.39, 0.29) is 29.7 Å². The number of fused-ring (bicyclic) bond motifs is 2. The van der Waals surface area contributed by atoms with Gasteiger partial charge in [0.05, 0.1) is 17.2 Å². The molecule has 0 aliphatic heterocycles. The van der Waals surface area contributed by atoms with E-state index in [4.69, 9.17) is 4.42 Å². The fourth-order valence-corrected chi connectivity index (χ4v) is 3.13. The van der Waals surface area contributed by atoms with E-state index in [9.17, 15) is 14.4 Å².